The van der Waals surface area contributed by atoms with Crippen LogP contribution in [0.4, 0.5) is 0 Å². The van der Waals surface area contributed by atoms with Gasteiger partial charge in [-0.2, -0.15) is 0 Å². The van der Waals surface area contributed by atoms with Crippen molar-refractivity contribution >= 4 is 11.8 Å². The Hall–Kier alpha value is -1.06. The maximum Gasteiger partial charge on any atom is 0.222 e. The van der Waals surface area contributed by atoms with Crippen molar-refractivity contribution in [3.8, 4) is 0 Å². The van der Waals surface area contributed by atoms with Crippen LogP contribution in [0.3, 0.4) is 0 Å². The number of primary amides is 1. The molecular formula is C13H24N2O2. The van der Waals surface area contributed by atoms with Crippen LogP contribution in [0, 0.1) is 5.92 Å². The Morgan fingerprint density at radius 2 is 2.18 bits per heavy atom. The average molecular weight is 240 g/mol. The van der Waals surface area contributed by atoms with E-state index in [0.29, 0.717) is 31.7 Å². The fourth-order valence-corrected chi connectivity index (χ4v) is 2.39. The predicted molar refractivity (Wildman–Crippen MR) is 67.3 cm³/mol. The van der Waals surface area contributed by atoms with Crippen LogP contribution in [0.2, 0.25) is 0 Å². The van der Waals surface area contributed by atoms with Gasteiger partial charge in [0, 0.05) is 25.9 Å². The molecule has 17 heavy (non-hydrogen) atoms. The smallest absolute Gasteiger partial charge is 0.222 e. The van der Waals surface area contributed by atoms with Crippen molar-refractivity contribution < 1.29 is 9.59 Å². The summed E-state index contributed by atoms with van der Waals surface area (Å²) in [4.78, 5) is 24.2. The van der Waals surface area contributed by atoms with Gasteiger partial charge in [-0.1, -0.05) is 26.2 Å². The van der Waals surface area contributed by atoms with Crippen LogP contribution in [-0.4, -0.2) is 29.8 Å². The van der Waals surface area contributed by atoms with E-state index in [1.807, 2.05) is 4.90 Å². The SMILES string of the molecule is CCCCCC1CC(=O)N(CCCC(N)=O)C1. The molecule has 0 radical (unpaired) electrons. The molecule has 2 N–H and O–H groups in total. The molecule has 0 aromatic carbocycles. The van der Waals surface area contributed by atoms with Gasteiger partial charge in [-0.3, -0.25) is 9.59 Å². The highest BCUT2D eigenvalue weighted by molar-refractivity contribution is 5.78. The molecule has 0 spiro atoms. The number of amides is 2. The van der Waals surface area contributed by atoms with E-state index in [2.05, 4.69) is 6.92 Å². The minimum Gasteiger partial charge on any atom is -0.370 e. The lowest BCUT2D eigenvalue weighted by molar-refractivity contribution is -0.128. The molecule has 4 nitrogen and oxygen atoms in total. The second-order valence-electron chi connectivity index (χ2n) is 4.98. The van der Waals surface area contributed by atoms with E-state index < -0.39 is 0 Å². The van der Waals surface area contributed by atoms with Crippen molar-refractivity contribution in [1.29, 1.82) is 0 Å². The summed E-state index contributed by atoms with van der Waals surface area (Å²) in [5, 5.41) is 0. The van der Waals surface area contributed by atoms with E-state index >= 15 is 0 Å². The zero-order valence-electron chi connectivity index (χ0n) is 10.8. The van der Waals surface area contributed by atoms with Crippen molar-refractivity contribution in [2.75, 3.05) is 13.1 Å². The van der Waals surface area contributed by atoms with Crippen molar-refractivity contribution in [3.63, 3.8) is 0 Å². The average Bonchev–Trinajstić information content (AvgIpc) is 2.60. The molecule has 98 valence electrons. The van der Waals surface area contributed by atoms with Crippen LogP contribution >= 0.6 is 0 Å². The first-order valence-electron chi connectivity index (χ1n) is 6.69. The Balaban J connectivity index is 2.19. The molecule has 4 heteroatoms. The fraction of sp³-hybridized carbons (Fsp3) is 0.846. The highest BCUT2D eigenvalue weighted by Crippen LogP contribution is 2.23. The molecule has 0 saturated carbocycles. The first-order chi connectivity index (χ1) is 8.13. The zero-order valence-corrected chi connectivity index (χ0v) is 10.8. The lowest BCUT2D eigenvalue weighted by atomic mass is 10.0. The maximum atomic E-state index is 11.7. The normalized spacial score (nSPS) is 19.9. The summed E-state index contributed by atoms with van der Waals surface area (Å²) < 4.78 is 0. The number of nitrogens with two attached hydrogens (primary N) is 1. The number of rotatable bonds is 8. The van der Waals surface area contributed by atoms with E-state index in [0.717, 1.165) is 13.0 Å². The van der Waals surface area contributed by atoms with Gasteiger partial charge in [0.1, 0.15) is 0 Å². The molecule has 0 aromatic rings. The van der Waals surface area contributed by atoms with Crippen LogP contribution in [-0.2, 0) is 9.59 Å². The molecule has 1 fully saturated rings. The van der Waals surface area contributed by atoms with Crippen LogP contribution in [0.5, 0.6) is 0 Å². The largest absolute Gasteiger partial charge is 0.370 e. The van der Waals surface area contributed by atoms with E-state index in [1.165, 1.54) is 19.3 Å². The third kappa shape index (κ3) is 5.20. The van der Waals surface area contributed by atoms with Gasteiger partial charge in [0.15, 0.2) is 0 Å². The second-order valence-corrected chi connectivity index (χ2v) is 4.98. The number of likely N-dealkylation sites (tertiary alicyclic amines) is 1. The number of hydrogen-bond acceptors (Lipinski definition) is 2. The van der Waals surface area contributed by atoms with Gasteiger partial charge < -0.3 is 10.6 Å². The number of nitrogens with zero attached hydrogens (tertiary/aromatic N) is 1. The zero-order chi connectivity index (χ0) is 12.7. The van der Waals surface area contributed by atoms with Gasteiger partial charge in [-0.05, 0) is 18.8 Å². The molecule has 1 aliphatic heterocycles. The summed E-state index contributed by atoms with van der Waals surface area (Å²) in [7, 11) is 0. The van der Waals surface area contributed by atoms with Crippen LogP contribution < -0.4 is 5.73 Å². The van der Waals surface area contributed by atoms with Crippen molar-refractivity contribution in [2.24, 2.45) is 11.7 Å². The first-order valence-corrected chi connectivity index (χ1v) is 6.69. The molecule has 1 heterocycles. The molecule has 1 saturated heterocycles. The quantitative estimate of drug-likeness (QED) is 0.656. The number of carbonyl (C=O) groups is 2. The summed E-state index contributed by atoms with van der Waals surface area (Å²) in [5.41, 5.74) is 5.08. The molecule has 1 aliphatic rings. The summed E-state index contributed by atoms with van der Waals surface area (Å²) in [6.45, 7) is 3.75. The molecule has 1 atom stereocenters. The summed E-state index contributed by atoms with van der Waals surface area (Å²) >= 11 is 0. The standard InChI is InChI=1S/C13H24N2O2/c1-2-3-4-6-11-9-13(17)15(10-11)8-5-7-12(14)16/h11H,2-10H2,1H3,(H2,14,16). The van der Waals surface area contributed by atoms with Crippen molar-refractivity contribution in [2.45, 2.75) is 51.9 Å². The van der Waals surface area contributed by atoms with Crippen LogP contribution in [0.15, 0.2) is 0 Å². The Labute approximate surface area is 104 Å². The predicted octanol–water partition coefficient (Wildman–Crippen LogP) is 1.68. The van der Waals surface area contributed by atoms with Gasteiger partial charge in [0.2, 0.25) is 11.8 Å². The molecule has 0 aromatic heterocycles. The summed E-state index contributed by atoms with van der Waals surface area (Å²) in [5.74, 6) is 0.495. The third-order valence-electron chi connectivity index (χ3n) is 3.36. The Morgan fingerprint density at radius 3 is 2.82 bits per heavy atom. The second kappa shape index (κ2) is 7.30. The van der Waals surface area contributed by atoms with Gasteiger partial charge in [-0.15, -0.1) is 0 Å². The highest BCUT2D eigenvalue weighted by Gasteiger charge is 2.28. The van der Waals surface area contributed by atoms with Gasteiger partial charge in [0.25, 0.3) is 0 Å². The molecule has 1 rings (SSSR count). The van der Waals surface area contributed by atoms with Gasteiger partial charge >= 0.3 is 0 Å². The summed E-state index contributed by atoms with van der Waals surface area (Å²) in [6.07, 6.45) is 6.64. The molecule has 0 aliphatic carbocycles. The maximum absolute atomic E-state index is 11.7. The molecule has 2 amide bonds. The minimum atomic E-state index is -0.281. The summed E-state index contributed by atoms with van der Waals surface area (Å²) in [6, 6.07) is 0. The Kier molecular flexibility index (Phi) is 6.01. The molecular weight excluding hydrogens is 216 g/mol. The van der Waals surface area contributed by atoms with E-state index in [4.69, 9.17) is 5.73 Å². The van der Waals surface area contributed by atoms with Gasteiger partial charge in [-0.25, -0.2) is 0 Å². The van der Waals surface area contributed by atoms with Crippen molar-refractivity contribution in [3.05, 3.63) is 0 Å². The fourth-order valence-electron chi connectivity index (χ4n) is 2.39. The lowest BCUT2D eigenvalue weighted by Crippen LogP contribution is -2.27. The highest BCUT2D eigenvalue weighted by atomic mass is 16.2. The monoisotopic (exact) mass is 240 g/mol. The molecule has 1 unspecified atom stereocenters. The number of carbonyl (C=O) groups excluding carboxylic acids is 2. The lowest BCUT2D eigenvalue weighted by Gasteiger charge is -2.16. The number of hydrogen-bond donors (Lipinski definition) is 1. The van der Waals surface area contributed by atoms with Crippen molar-refractivity contribution in [1.82, 2.24) is 4.90 Å². The van der Waals surface area contributed by atoms with Gasteiger partial charge in [0.05, 0.1) is 0 Å². The third-order valence-corrected chi connectivity index (χ3v) is 3.36. The topological polar surface area (TPSA) is 63.4 Å². The Bertz CT molecular complexity index is 266. The Morgan fingerprint density at radius 1 is 1.41 bits per heavy atom. The van der Waals surface area contributed by atoms with Crippen LogP contribution in [0.25, 0.3) is 0 Å². The van der Waals surface area contributed by atoms with E-state index in [-0.39, 0.29) is 11.8 Å². The van der Waals surface area contributed by atoms with E-state index in [1.54, 1.807) is 0 Å². The minimum absolute atomic E-state index is 0.246. The van der Waals surface area contributed by atoms with Crippen LogP contribution in [0.1, 0.15) is 51.9 Å². The molecule has 0 bridgehead atoms. The number of unbranched alkanes of at least 4 members (excludes halogenated alkanes) is 2. The van der Waals surface area contributed by atoms with E-state index in [9.17, 15) is 9.59 Å². The first kappa shape index (κ1) is 14.0.